The van der Waals surface area contributed by atoms with Gasteiger partial charge in [0.05, 0.1) is 6.61 Å². The number of aromatic nitrogens is 2. The number of aromatic hydroxyl groups is 1. The Labute approximate surface area is 176 Å². The van der Waals surface area contributed by atoms with E-state index in [-0.39, 0.29) is 17.7 Å². The molecule has 1 aliphatic rings. The topological polar surface area (TPSA) is 108 Å². The molecule has 3 N–H and O–H groups in total. The van der Waals surface area contributed by atoms with Crippen LogP contribution < -0.4 is 10.1 Å². The van der Waals surface area contributed by atoms with E-state index in [9.17, 15) is 23.1 Å². The van der Waals surface area contributed by atoms with Crippen molar-refractivity contribution in [1.82, 2.24) is 14.9 Å². The number of anilines is 1. The first-order chi connectivity index (χ1) is 14.7. The second-order valence-electron chi connectivity index (χ2n) is 7.19. The number of phenols is 1. The monoisotopic (exact) mass is 440 g/mol. The fourth-order valence-corrected chi connectivity index (χ4v) is 3.43. The molecule has 0 bridgehead atoms. The molecule has 8 nitrogen and oxygen atoms in total. The van der Waals surface area contributed by atoms with E-state index in [1.165, 1.54) is 0 Å². The molecule has 0 unspecified atom stereocenters. The lowest BCUT2D eigenvalue weighted by molar-refractivity contribution is -0.141. The summed E-state index contributed by atoms with van der Waals surface area (Å²) in [4.78, 5) is 20.3. The van der Waals surface area contributed by atoms with Gasteiger partial charge in [0.25, 0.3) is 0 Å². The largest absolute Gasteiger partial charge is 0.504 e. The van der Waals surface area contributed by atoms with Gasteiger partial charge in [0.1, 0.15) is 5.56 Å². The molecule has 0 saturated carbocycles. The van der Waals surface area contributed by atoms with E-state index in [0.29, 0.717) is 51.0 Å². The number of carboxylic acid groups (broad SMARTS) is 1. The van der Waals surface area contributed by atoms with Crippen molar-refractivity contribution in [3.63, 3.8) is 0 Å². The minimum absolute atomic E-state index is 0.0839. The number of hydrogen-bond acceptors (Lipinski definition) is 7. The highest BCUT2D eigenvalue weighted by Crippen LogP contribution is 2.31. The Morgan fingerprint density at radius 3 is 2.65 bits per heavy atom. The fourth-order valence-electron chi connectivity index (χ4n) is 3.43. The zero-order valence-electron chi connectivity index (χ0n) is 16.8. The fraction of sp³-hybridized carbons (Fsp3) is 0.450. The van der Waals surface area contributed by atoms with Gasteiger partial charge in [-0.3, -0.25) is 4.90 Å². The Bertz CT molecular complexity index is 931. The molecule has 0 spiro atoms. The highest BCUT2D eigenvalue weighted by Gasteiger charge is 2.38. The van der Waals surface area contributed by atoms with Crippen LogP contribution in [0.3, 0.4) is 0 Å². The van der Waals surface area contributed by atoms with Crippen molar-refractivity contribution >= 4 is 11.9 Å². The lowest BCUT2D eigenvalue weighted by Crippen LogP contribution is -2.39. The van der Waals surface area contributed by atoms with Crippen LogP contribution in [-0.4, -0.2) is 56.8 Å². The van der Waals surface area contributed by atoms with Gasteiger partial charge in [-0.1, -0.05) is 6.07 Å². The van der Waals surface area contributed by atoms with E-state index in [1.807, 2.05) is 13.0 Å². The van der Waals surface area contributed by atoms with Crippen molar-refractivity contribution in [3.8, 4) is 11.5 Å². The quantitative estimate of drug-likeness (QED) is 0.602. The van der Waals surface area contributed by atoms with Gasteiger partial charge in [0.15, 0.2) is 17.2 Å². The molecule has 0 radical (unpaired) electrons. The molecular weight excluding hydrogens is 417 g/mol. The third kappa shape index (κ3) is 5.75. The van der Waals surface area contributed by atoms with Crippen LogP contribution >= 0.6 is 0 Å². The minimum Gasteiger partial charge on any atom is -0.504 e. The summed E-state index contributed by atoms with van der Waals surface area (Å²) in [5.41, 5.74) is -1.46. The van der Waals surface area contributed by atoms with Gasteiger partial charge in [0.2, 0.25) is 5.95 Å². The van der Waals surface area contributed by atoms with Gasteiger partial charge in [-0.15, -0.1) is 0 Å². The Balaban J connectivity index is 1.59. The smallest absolute Gasteiger partial charge is 0.434 e. The number of carbonyl (C=O) groups is 1. The van der Waals surface area contributed by atoms with E-state index in [2.05, 4.69) is 20.2 Å². The number of aromatic carboxylic acids is 1. The number of piperidine rings is 1. The molecule has 0 aliphatic carbocycles. The summed E-state index contributed by atoms with van der Waals surface area (Å²) < 4.78 is 44.7. The normalized spacial score (nSPS) is 15.6. The van der Waals surface area contributed by atoms with E-state index >= 15 is 0 Å². The van der Waals surface area contributed by atoms with Crippen LogP contribution in [0.25, 0.3) is 0 Å². The first kappa shape index (κ1) is 22.6. The third-order valence-electron chi connectivity index (χ3n) is 4.94. The van der Waals surface area contributed by atoms with Crippen LogP contribution in [0.5, 0.6) is 11.5 Å². The first-order valence-corrected chi connectivity index (χ1v) is 9.78. The molecule has 1 fully saturated rings. The number of ether oxygens (including phenoxy) is 1. The van der Waals surface area contributed by atoms with Crippen LogP contribution in [0.1, 0.15) is 41.4 Å². The van der Waals surface area contributed by atoms with Crippen LogP contribution in [0.15, 0.2) is 24.4 Å². The van der Waals surface area contributed by atoms with Crippen molar-refractivity contribution < 1.29 is 32.9 Å². The molecule has 1 saturated heterocycles. The predicted molar refractivity (Wildman–Crippen MR) is 105 cm³/mol. The lowest BCUT2D eigenvalue weighted by Gasteiger charge is -2.32. The molecule has 11 heteroatoms. The van der Waals surface area contributed by atoms with Crippen molar-refractivity contribution in [1.29, 1.82) is 0 Å². The number of likely N-dealkylation sites (tertiary alicyclic amines) is 1. The number of phenolic OH excluding ortho intramolecular Hbond substituents is 1. The summed E-state index contributed by atoms with van der Waals surface area (Å²) >= 11 is 0. The number of carboxylic acids is 1. The lowest BCUT2D eigenvalue weighted by atomic mass is 10.0. The SMILES string of the molecule is CCOc1cc(CN2CCC(Nc3ncc(C(=O)O)c(C(F)(F)F)n3)CC2)ccc1O. The van der Waals surface area contributed by atoms with Crippen molar-refractivity contribution in [2.75, 3.05) is 25.0 Å². The molecule has 31 heavy (non-hydrogen) atoms. The molecule has 1 aromatic carbocycles. The summed E-state index contributed by atoms with van der Waals surface area (Å²) in [6, 6.07) is 5.07. The first-order valence-electron chi connectivity index (χ1n) is 9.78. The average Bonchev–Trinajstić information content (AvgIpc) is 2.71. The molecule has 168 valence electrons. The molecule has 3 rings (SSSR count). The maximum atomic E-state index is 13.1. The molecular formula is C20H23F3N4O4. The summed E-state index contributed by atoms with van der Waals surface area (Å²) in [6.45, 7) is 4.32. The van der Waals surface area contributed by atoms with Crippen molar-refractivity contribution in [2.24, 2.45) is 0 Å². The van der Waals surface area contributed by atoms with Gasteiger partial charge in [-0.2, -0.15) is 13.2 Å². The van der Waals surface area contributed by atoms with Crippen molar-refractivity contribution in [3.05, 3.63) is 41.2 Å². The van der Waals surface area contributed by atoms with Crippen LogP contribution in [-0.2, 0) is 12.7 Å². The van der Waals surface area contributed by atoms with Gasteiger partial charge >= 0.3 is 12.1 Å². The molecule has 1 aromatic heterocycles. The third-order valence-corrected chi connectivity index (χ3v) is 4.94. The highest BCUT2D eigenvalue weighted by atomic mass is 19.4. The van der Waals surface area contributed by atoms with Crippen LogP contribution in [0, 0.1) is 0 Å². The summed E-state index contributed by atoms with van der Waals surface area (Å²) in [5.74, 6) is -1.45. The minimum atomic E-state index is -4.89. The standard InChI is InChI=1S/C20H23F3N4O4/c1-2-31-16-9-12(3-4-15(16)28)11-27-7-5-13(6-8-27)25-19-24-10-14(18(29)30)17(26-19)20(21,22)23/h3-4,9-10,13,28H,2,5-8,11H2,1H3,(H,29,30)(H,24,25,26). The summed E-state index contributed by atoms with van der Waals surface area (Å²) in [7, 11) is 0. The van der Waals surface area contributed by atoms with E-state index in [4.69, 9.17) is 9.84 Å². The molecule has 1 aliphatic heterocycles. The maximum absolute atomic E-state index is 13.1. The average molecular weight is 440 g/mol. The molecule has 0 atom stereocenters. The van der Waals surface area contributed by atoms with Gasteiger partial charge in [-0.05, 0) is 37.5 Å². The predicted octanol–water partition coefficient (Wildman–Crippen LogP) is 3.37. The molecule has 0 amide bonds. The van der Waals surface area contributed by atoms with E-state index in [1.54, 1.807) is 12.1 Å². The second-order valence-corrected chi connectivity index (χ2v) is 7.19. The number of hydrogen-bond donors (Lipinski definition) is 3. The number of nitrogens with zero attached hydrogens (tertiary/aromatic N) is 3. The molecule has 2 aromatic rings. The highest BCUT2D eigenvalue weighted by molar-refractivity contribution is 5.88. The Morgan fingerprint density at radius 1 is 1.32 bits per heavy atom. The Morgan fingerprint density at radius 2 is 2.03 bits per heavy atom. The van der Waals surface area contributed by atoms with Crippen LogP contribution in [0.2, 0.25) is 0 Å². The number of nitrogens with one attached hydrogen (secondary N) is 1. The summed E-state index contributed by atoms with van der Waals surface area (Å²) in [6.07, 6.45) is -2.90. The van der Waals surface area contributed by atoms with Gasteiger partial charge in [-0.25, -0.2) is 14.8 Å². The Hall–Kier alpha value is -3.08. The second kappa shape index (κ2) is 9.38. The number of benzene rings is 1. The maximum Gasteiger partial charge on any atom is 0.434 e. The number of alkyl halides is 3. The van der Waals surface area contributed by atoms with Crippen LogP contribution in [0.4, 0.5) is 19.1 Å². The number of rotatable bonds is 7. The van der Waals surface area contributed by atoms with Gasteiger partial charge < -0.3 is 20.3 Å². The summed E-state index contributed by atoms with van der Waals surface area (Å²) in [5, 5.41) is 21.6. The zero-order valence-corrected chi connectivity index (χ0v) is 16.8. The van der Waals surface area contributed by atoms with Crippen molar-refractivity contribution in [2.45, 2.75) is 38.5 Å². The number of halogens is 3. The molecule has 2 heterocycles. The van der Waals surface area contributed by atoms with Gasteiger partial charge in [0, 0.05) is 31.9 Å². The zero-order chi connectivity index (χ0) is 22.6. The van der Waals surface area contributed by atoms with E-state index in [0.717, 1.165) is 5.56 Å². The Kier molecular flexibility index (Phi) is 6.84. The van der Waals surface area contributed by atoms with E-state index < -0.39 is 23.4 Å².